The van der Waals surface area contributed by atoms with E-state index < -0.39 is 16.2 Å². The van der Waals surface area contributed by atoms with Crippen LogP contribution in [0, 0.1) is 28.1 Å². The maximum atomic E-state index is 13.5. The Hall–Kier alpha value is -3.32. The highest BCUT2D eigenvalue weighted by Gasteiger charge is 2.73. The molecule has 2 aliphatic rings. The molecule has 7 heteroatoms. The van der Waals surface area contributed by atoms with E-state index in [1.165, 1.54) is 0 Å². The Morgan fingerprint density at radius 3 is 2.22 bits per heavy atom. The van der Waals surface area contributed by atoms with Gasteiger partial charge in [-0.3, -0.25) is 9.78 Å². The number of pyridine rings is 1. The van der Waals surface area contributed by atoms with E-state index in [1.807, 2.05) is 26.0 Å². The lowest BCUT2D eigenvalue weighted by Gasteiger charge is -2.39. The molecule has 1 amide bonds. The zero-order valence-corrected chi connectivity index (χ0v) is 15.4. The summed E-state index contributed by atoms with van der Waals surface area (Å²) in [7, 11) is 0. The molecule has 1 saturated carbocycles. The quantitative estimate of drug-likeness (QED) is 0.882. The Bertz CT molecular complexity index is 1050. The number of hydrogen-bond acceptors (Lipinski definition) is 6. The monoisotopic (exact) mass is 358 g/mol. The Labute approximate surface area is 157 Å². The van der Waals surface area contributed by atoms with Crippen LogP contribution in [0.2, 0.25) is 0 Å². The molecular weight excluding hydrogens is 340 g/mol. The van der Waals surface area contributed by atoms with E-state index in [4.69, 9.17) is 0 Å². The van der Waals surface area contributed by atoms with Gasteiger partial charge < -0.3 is 5.32 Å². The van der Waals surface area contributed by atoms with E-state index in [9.17, 15) is 15.3 Å². The zero-order valence-electron chi connectivity index (χ0n) is 15.4. The molecule has 2 bridgehead atoms. The maximum Gasteiger partial charge on any atom is 0.237 e. The minimum Gasteiger partial charge on any atom is -0.325 e. The third kappa shape index (κ3) is 1.89. The fraction of sp³-hybridized carbons (Fsp3) is 0.400. The molecule has 0 spiro atoms. The van der Waals surface area contributed by atoms with Crippen molar-refractivity contribution in [2.75, 3.05) is 5.32 Å². The number of amides is 1. The van der Waals surface area contributed by atoms with Crippen LogP contribution in [0.25, 0.3) is 0 Å². The Morgan fingerprint density at radius 2 is 1.63 bits per heavy atom. The molecule has 0 aromatic carbocycles. The summed E-state index contributed by atoms with van der Waals surface area (Å²) >= 11 is 0. The van der Waals surface area contributed by atoms with Crippen molar-refractivity contribution in [1.29, 1.82) is 10.5 Å². The van der Waals surface area contributed by atoms with Crippen LogP contribution in [0.5, 0.6) is 0 Å². The molecule has 1 N–H and O–H groups in total. The molecule has 4 rings (SSSR count). The van der Waals surface area contributed by atoms with Gasteiger partial charge in [-0.1, -0.05) is 20.8 Å². The molecule has 2 aliphatic carbocycles. The van der Waals surface area contributed by atoms with Gasteiger partial charge in [-0.15, -0.1) is 0 Å². The second kappa shape index (κ2) is 5.34. The SMILES string of the molecule is CC12CCC(C(=O)Nc3ccncc3)(c3nc(C#N)c(C#N)nc31)C2(C)C. The number of carbonyl (C=O) groups is 1. The van der Waals surface area contributed by atoms with Gasteiger partial charge in [0.2, 0.25) is 5.91 Å². The molecule has 2 unspecified atom stereocenters. The highest BCUT2D eigenvalue weighted by Crippen LogP contribution is 2.70. The van der Waals surface area contributed by atoms with Crippen LogP contribution in [-0.4, -0.2) is 20.9 Å². The molecule has 0 aliphatic heterocycles. The highest BCUT2D eigenvalue weighted by atomic mass is 16.2. The van der Waals surface area contributed by atoms with Crippen molar-refractivity contribution < 1.29 is 4.79 Å². The van der Waals surface area contributed by atoms with Crippen LogP contribution >= 0.6 is 0 Å². The average molecular weight is 358 g/mol. The van der Waals surface area contributed by atoms with Gasteiger partial charge in [0.15, 0.2) is 11.4 Å². The summed E-state index contributed by atoms with van der Waals surface area (Å²) in [6.45, 7) is 6.17. The van der Waals surface area contributed by atoms with Crippen molar-refractivity contribution in [3.8, 4) is 12.1 Å². The van der Waals surface area contributed by atoms with Crippen LogP contribution < -0.4 is 5.32 Å². The molecular formula is C20H18N6O. The molecule has 27 heavy (non-hydrogen) atoms. The topological polar surface area (TPSA) is 115 Å². The van der Waals surface area contributed by atoms with E-state index >= 15 is 0 Å². The highest BCUT2D eigenvalue weighted by molar-refractivity contribution is 6.01. The normalized spacial score (nSPS) is 26.7. The second-order valence-corrected chi connectivity index (χ2v) is 7.89. The van der Waals surface area contributed by atoms with E-state index in [-0.39, 0.29) is 17.3 Å². The molecule has 2 aromatic heterocycles. The van der Waals surface area contributed by atoms with Gasteiger partial charge in [0, 0.05) is 23.5 Å². The third-order valence-corrected chi connectivity index (χ3v) is 6.81. The minimum atomic E-state index is -0.910. The summed E-state index contributed by atoms with van der Waals surface area (Å²) in [5, 5.41) is 21.7. The number of aromatic nitrogens is 3. The first-order valence-electron chi connectivity index (χ1n) is 8.76. The van der Waals surface area contributed by atoms with Crippen molar-refractivity contribution >= 4 is 11.6 Å². The minimum absolute atomic E-state index is 0.0190. The van der Waals surface area contributed by atoms with Crippen LogP contribution in [0.3, 0.4) is 0 Å². The molecule has 0 radical (unpaired) electrons. The fourth-order valence-corrected chi connectivity index (χ4v) is 4.81. The number of rotatable bonds is 2. The lowest BCUT2D eigenvalue weighted by molar-refractivity contribution is -0.125. The Balaban J connectivity index is 1.93. The second-order valence-electron chi connectivity index (χ2n) is 7.89. The van der Waals surface area contributed by atoms with E-state index in [0.717, 1.165) is 6.42 Å². The molecule has 2 atom stereocenters. The number of carbonyl (C=O) groups excluding carboxylic acids is 1. The van der Waals surface area contributed by atoms with Crippen molar-refractivity contribution in [2.45, 2.75) is 44.4 Å². The van der Waals surface area contributed by atoms with Crippen LogP contribution in [-0.2, 0) is 15.6 Å². The summed E-state index contributed by atoms with van der Waals surface area (Å²) in [4.78, 5) is 26.5. The lowest BCUT2D eigenvalue weighted by atomic mass is 9.63. The predicted octanol–water partition coefficient (Wildman–Crippen LogP) is 2.58. The van der Waals surface area contributed by atoms with Crippen LogP contribution in [0.1, 0.15) is 56.4 Å². The van der Waals surface area contributed by atoms with E-state index in [0.29, 0.717) is 23.5 Å². The number of hydrogen-bond donors (Lipinski definition) is 1. The smallest absolute Gasteiger partial charge is 0.237 e. The largest absolute Gasteiger partial charge is 0.325 e. The van der Waals surface area contributed by atoms with Gasteiger partial charge in [0.1, 0.15) is 12.1 Å². The molecule has 0 saturated heterocycles. The summed E-state index contributed by atoms with van der Waals surface area (Å²) in [6, 6.07) is 7.37. The van der Waals surface area contributed by atoms with Crippen LogP contribution in [0.15, 0.2) is 24.5 Å². The first-order valence-corrected chi connectivity index (χ1v) is 8.76. The zero-order chi connectivity index (χ0) is 19.4. The van der Waals surface area contributed by atoms with Gasteiger partial charge >= 0.3 is 0 Å². The van der Waals surface area contributed by atoms with Gasteiger partial charge in [0.25, 0.3) is 0 Å². The summed E-state index contributed by atoms with van der Waals surface area (Å²) in [5.41, 5.74) is 0.0641. The molecule has 134 valence electrons. The van der Waals surface area contributed by atoms with Gasteiger partial charge in [-0.25, -0.2) is 9.97 Å². The van der Waals surface area contributed by atoms with Crippen LogP contribution in [0.4, 0.5) is 5.69 Å². The molecule has 1 fully saturated rings. The first-order chi connectivity index (χ1) is 12.8. The Kier molecular flexibility index (Phi) is 3.38. The van der Waals surface area contributed by atoms with Gasteiger partial charge in [-0.05, 0) is 30.4 Å². The third-order valence-electron chi connectivity index (χ3n) is 6.81. The number of nitriles is 2. The summed E-state index contributed by atoms with van der Waals surface area (Å²) < 4.78 is 0. The van der Waals surface area contributed by atoms with Crippen molar-refractivity contribution in [1.82, 2.24) is 15.0 Å². The fourth-order valence-electron chi connectivity index (χ4n) is 4.81. The number of anilines is 1. The van der Waals surface area contributed by atoms with Crippen molar-refractivity contribution in [3.05, 3.63) is 47.3 Å². The van der Waals surface area contributed by atoms with Crippen molar-refractivity contribution in [2.24, 2.45) is 5.41 Å². The van der Waals surface area contributed by atoms with Gasteiger partial charge in [0.05, 0.1) is 16.8 Å². The molecule has 7 nitrogen and oxygen atoms in total. The standard InChI is InChI=1S/C20H18N6O/c1-18(2)19(3)6-7-20(18,17(27)24-12-4-8-23-9-5-12)16-15(19)25-13(10-21)14(11-22)26-16/h4-5,8-9H,6-7H2,1-3H3,(H,23,24,27). The summed E-state index contributed by atoms with van der Waals surface area (Å²) in [6.07, 6.45) is 4.62. The molecule has 2 aromatic rings. The van der Waals surface area contributed by atoms with Crippen molar-refractivity contribution in [3.63, 3.8) is 0 Å². The van der Waals surface area contributed by atoms with E-state index in [1.54, 1.807) is 24.5 Å². The Morgan fingerprint density at radius 1 is 1.04 bits per heavy atom. The number of nitrogens with one attached hydrogen (secondary N) is 1. The maximum absolute atomic E-state index is 13.5. The number of fused-ring (bicyclic) bond motifs is 5. The predicted molar refractivity (Wildman–Crippen MR) is 96.4 cm³/mol. The average Bonchev–Trinajstić information content (AvgIpc) is 2.97. The first kappa shape index (κ1) is 17.1. The van der Waals surface area contributed by atoms with E-state index in [2.05, 4.69) is 27.2 Å². The summed E-state index contributed by atoms with van der Waals surface area (Å²) in [5.74, 6) is -0.163. The molecule has 2 heterocycles. The van der Waals surface area contributed by atoms with Gasteiger partial charge in [-0.2, -0.15) is 10.5 Å². The lowest BCUT2D eigenvalue weighted by Crippen LogP contribution is -2.48. The number of nitrogens with zero attached hydrogens (tertiary/aromatic N) is 5.